The minimum Gasteiger partial charge on any atom is -0.395 e. The summed E-state index contributed by atoms with van der Waals surface area (Å²) < 4.78 is 13.0. The maximum Gasteiger partial charge on any atom is 0.150 e. The first-order valence-electron chi connectivity index (χ1n) is 3.24. The average Bonchev–Trinajstić information content (AvgIpc) is 1.97. The summed E-state index contributed by atoms with van der Waals surface area (Å²) in [6.45, 7) is 3.46. The van der Waals surface area contributed by atoms with Crippen molar-refractivity contribution in [2.75, 3.05) is 5.73 Å². The Hall–Kier alpha value is -0.760. The molecule has 1 aromatic carbocycles. The highest BCUT2D eigenvalue weighted by atomic mass is 35.5. The molecule has 0 unspecified atom stereocenters. The van der Waals surface area contributed by atoms with E-state index in [2.05, 4.69) is 0 Å². The van der Waals surface area contributed by atoms with Crippen LogP contribution >= 0.6 is 11.6 Å². The van der Waals surface area contributed by atoms with Crippen LogP contribution in [0.15, 0.2) is 6.07 Å². The second-order valence-corrected chi connectivity index (χ2v) is 2.93. The van der Waals surface area contributed by atoms with Crippen molar-refractivity contribution in [3.8, 4) is 0 Å². The summed E-state index contributed by atoms with van der Waals surface area (Å²) in [6.07, 6.45) is 0. The number of hydrogen-bond acceptors (Lipinski definition) is 1. The lowest BCUT2D eigenvalue weighted by molar-refractivity contribution is 0.623. The van der Waals surface area contributed by atoms with Gasteiger partial charge in [-0.25, -0.2) is 4.39 Å². The summed E-state index contributed by atoms with van der Waals surface area (Å²) in [5.74, 6) is -0.416. The second-order valence-electron chi connectivity index (χ2n) is 2.55. The lowest BCUT2D eigenvalue weighted by Gasteiger charge is -2.05. The largest absolute Gasteiger partial charge is 0.395 e. The van der Waals surface area contributed by atoms with E-state index >= 15 is 0 Å². The molecule has 0 saturated heterocycles. The lowest BCUT2D eigenvalue weighted by Crippen LogP contribution is -1.96. The van der Waals surface area contributed by atoms with Crippen molar-refractivity contribution >= 4 is 17.3 Å². The Morgan fingerprint density at radius 2 is 1.91 bits per heavy atom. The molecule has 1 rings (SSSR count). The molecule has 60 valence electrons. The van der Waals surface area contributed by atoms with E-state index in [0.29, 0.717) is 10.6 Å². The summed E-state index contributed by atoms with van der Waals surface area (Å²) in [4.78, 5) is 0. The van der Waals surface area contributed by atoms with Gasteiger partial charge in [-0.3, -0.25) is 0 Å². The van der Waals surface area contributed by atoms with Crippen molar-refractivity contribution in [3.05, 3.63) is 28.0 Å². The number of aryl methyl sites for hydroxylation is 2. The van der Waals surface area contributed by atoms with Crippen LogP contribution in [-0.2, 0) is 0 Å². The van der Waals surface area contributed by atoms with E-state index in [0.717, 1.165) is 5.56 Å². The van der Waals surface area contributed by atoms with Gasteiger partial charge in [-0.05, 0) is 25.0 Å². The third-order valence-corrected chi connectivity index (χ3v) is 2.10. The van der Waals surface area contributed by atoms with Gasteiger partial charge < -0.3 is 5.73 Å². The van der Waals surface area contributed by atoms with Gasteiger partial charge in [0.1, 0.15) is 0 Å². The normalized spacial score (nSPS) is 10.2. The molecule has 0 spiro atoms. The molecule has 0 fully saturated rings. The van der Waals surface area contributed by atoms with Gasteiger partial charge in [-0.2, -0.15) is 0 Å². The monoisotopic (exact) mass is 173 g/mol. The number of halogens is 2. The second kappa shape index (κ2) is 2.70. The lowest BCUT2D eigenvalue weighted by atomic mass is 10.1. The van der Waals surface area contributed by atoms with Crippen molar-refractivity contribution in [1.82, 2.24) is 0 Å². The van der Waals surface area contributed by atoms with Gasteiger partial charge in [0.05, 0.1) is 10.7 Å². The summed E-state index contributed by atoms with van der Waals surface area (Å²) in [5.41, 5.74) is 6.76. The molecule has 1 aromatic rings. The minimum absolute atomic E-state index is 0.0455. The number of hydrogen-bond donors (Lipinski definition) is 1. The minimum atomic E-state index is -0.416. The zero-order valence-corrected chi connectivity index (χ0v) is 7.17. The van der Waals surface area contributed by atoms with Crippen LogP contribution in [0.25, 0.3) is 0 Å². The maximum atomic E-state index is 13.0. The molecule has 0 aliphatic rings. The van der Waals surface area contributed by atoms with Crippen LogP contribution in [0.3, 0.4) is 0 Å². The molecule has 0 radical (unpaired) electrons. The number of rotatable bonds is 0. The Balaban J connectivity index is 3.46. The van der Waals surface area contributed by atoms with Gasteiger partial charge >= 0.3 is 0 Å². The van der Waals surface area contributed by atoms with E-state index in [1.165, 1.54) is 0 Å². The molecule has 0 aliphatic carbocycles. The Bertz CT molecular complexity index is 270. The molecular formula is C8H9ClFN. The highest BCUT2D eigenvalue weighted by Crippen LogP contribution is 2.27. The first-order chi connectivity index (χ1) is 5.04. The predicted octanol–water partition coefficient (Wildman–Crippen LogP) is 2.68. The molecule has 0 heterocycles. The van der Waals surface area contributed by atoms with E-state index in [4.69, 9.17) is 17.3 Å². The fourth-order valence-corrected chi connectivity index (χ4v) is 1.11. The molecule has 0 saturated carbocycles. The Morgan fingerprint density at radius 1 is 1.36 bits per heavy atom. The van der Waals surface area contributed by atoms with Crippen molar-refractivity contribution < 1.29 is 4.39 Å². The molecule has 0 atom stereocenters. The highest BCUT2D eigenvalue weighted by molar-refractivity contribution is 6.33. The first kappa shape index (κ1) is 8.34. The van der Waals surface area contributed by atoms with Crippen LogP contribution in [0.1, 0.15) is 11.1 Å². The summed E-state index contributed by atoms with van der Waals surface area (Å²) in [7, 11) is 0. The van der Waals surface area contributed by atoms with Crippen LogP contribution in [0.5, 0.6) is 0 Å². The fraction of sp³-hybridized carbons (Fsp3) is 0.250. The van der Waals surface area contributed by atoms with Crippen LogP contribution in [0.2, 0.25) is 5.02 Å². The molecule has 1 nitrogen and oxygen atoms in total. The number of nitrogens with two attached hydrogens (primary N) is 1. The average molecular weight is 174 g/mol. The quantitative estimate of drug-likeness (QED) is 0.600. The first-order valence-corrected chi connectivity index (χ1v) is 3.62. The Labute approximate surface area is 70.0 Å². The summed E-state index contributed by atoms with van der Waals surface area (Å²) in [5, 5.41) is 0.313. The zero-order valence-electron chi connectivity index (χ0n) is 6.41. The smallest absolute Gasteiger partial charge is 0.150 e. The van der Waals surface area contributed by atoms with E-state index < -0.39 is 5.82 Å². The number of nitrogen functional groups attached to an aromatic ring is 1. The van der Waals surface area contributed by atoms with Crippen molar-refractivity contribution in [2.45, 2.75) is 13.8 Å². The van der Waals surface area contributed by atoms with Gasteiger partial charge in [-0.15, -0.1) is 0 Å². The van der Waals surface area contributed by atoms with Crippen molar-refractivity contribution in [3.63, 3.8) is 0 Å². The summed E-state index contributed by atoms with van der Waals surface area (Å²) >= 11 is 5.69. The number of benzene rings is 1. The van der Waals surface area contributed by atoms with Gasteiger partial charge in [-0.1, -0.05) is 17.7 Å². The van der Waals surface area contributed by atoms with E-state index in [1.54, 1.807) is 19.9 Å². The third kappa shape index (κ3) is 1.31. The van der Waals surface area contributed by atoms with Crippen LogP contribution < -0.4 is 5.73 Å². The number of anilines is 1. The molecule has 0 aliphatic heterocycles. The topological polar surface area (TPSA) is 26.0 Å². The van der Waals surface area contributed by atoms with Crippen molar-refractivity contribution in [2.24, 2.45) is 0 Å². The summed E-state index contributed by atoms with van der Waals surface area (Å²) in [6, 6.07) is 1.67. The molecule has 2 N–H and O–H groups in total. The molecule has 3 heteroatoms. The Kier molecular flexibility index (Phi) is 2.05. The van der Waals surface area contributed by atoms with Crippen LogP contribution in [0.4, 0.5) is 10.1 Å². The predicted molar refractivity (Wildman–Crippen MR) is 45.3 cm³/mol. The SMILES string of the molecule is Cc1cc(C)c(Cl)c(N)c1F. The fourth-order valence-electron chi connectivity index (χ4n) is 0.973. The van der Waals surface area contributed by atoms with Crippen LogP contribution in [-0.4, -0.2) is 0 Å². The van der Waals surface area contributed by atoms with Crippen molar-refractivity contribution in [1.29, 1.82) is 0 Å². The molecular weight excluding hydrogens is 165 g/mol. The molecule has 0 bridgehead atoms. The van der Waals surface area contributed by atoms with Gasteiger partial charge in [0.2, 0.25) is 0 Å². The zero-order chi connectivity index (χ0) is 8.59. The van der Waals surface area contributed by atoms with Gasteiger partial charge in [0, 0.05) is 0 Å². The van der Waals surface area contributed by atoms with E-state index in [9.17, 15) is 4.39 Å². The van der Waals surface area contributed by atoms with Gasteiger partial charge in [0.25, 0.3) is 0 Å². The molecule has 0 aromatic heterocycles. The molecule has 0 amide bonds. The maximum absolute atomic E-state index is 13.0. The highest BCUT2D eigenvalue weighted by Gasteiger charge is 2.08. The molecule has 11 heavy (non-hydrogen) atoms. The van der Waals surface area contributed by atoms with Gasteiger partial charge in [0.15, 0.2) is 5.82 Å². The standard InChI is InChI=1S/C8H9ClFN/c1-4-3-5(2)7(10)8(11)6(4)9/h3H,11H2,1-2H3. The van der Waals surface area contributed by atoms with E-state index in [-0.39, 0.29) is 5.69 Å². The third-order valence-electron chi connectivity index (χ3n) is 1.60. The Morgan fingerprint density at radius 3 is 2.45 bits per heavy atom. The van der Waals surface area contributed by atoms with Crippen LogP contribution in [0, 0.1) is 19.7 Å². The van der Waals surface area contributed by atoms with E-state index in [1.807, 2.05) is 0 Å².